The van der Waals surface area contributed by atoms with Gasteiger partial charge in [0.25, 0.3) is 5.91 Å². The number of thiophene rings is 1. The van der Waals surface area contributed by atoms with Crippen LogP contribution < -0.4 is 5.32 Å². The van der Waals surface area contributed by atoms with E-state index in [0.29, 0.717) is 11.6 Å². The van der Waals surface area contributed by atoms with E-state index >= 15 is 0 Å². The Morgan fingerprint density at radius 1 is 1.23 bits per heavy atom. The summed E-state index contributed by atoms with van der Waals surface area (Å²) < 4.78 is 2.35. The number of hydrogen-bond donors (Lipinski definition) is 2. The predicted octanol–water partition coefficient (Wildman–Crippen LogP) is 5.19. The topological polar surface area (TPSA) is 67.2 Å². The number of aliphatic hydroxyl groups excluding tert-OH is 1. The fraction of sp³-hybridized carbons (Fsp3) is 0.500. The van der Waals surface area contributed by atoms with Crippen molar-refractivity contribution in [2.45, 2.75) is 66.0 Å². The van der Waals surface area contributed by atoms with Gasteiger partial charge in [-0.05, 0) is 47.9 Å². The quantitative estimate of drug-likeness (QED) is 0.520. The first kappa shape index (κ1) is 22.5. The second-order valence-corrected chi connectivity index (χ2v) is 9.93. The third-order valence-corrected chi connectivity index (χ3v) is 6.65. The highest BCUT2D eigenvalue weighted by molar-refractivity contribution is 7.09. The predicted molar refractivity (Wildman–Crippen MR) is 124 cm³/mol. The van der Waals surface area contributed by atoms with Crippen LogP contribution >= 0.6 is 11.3 Å². The highest BCUT2D eigenvalue weighted by Gasteiger charge is 2.26. The Bertz CT molecular complexity index is 982. The smallest absolute Gasteiger partial charge is 0.251 e. The molecule has 2 heterocycles. The van der Waals surface area contributed by atoms with Crippen molar-refractivity contribution in [3.05, 3.63) is 52.0 Å². The molecule has 0 aliphatic rings. The zero-order valence-corrected chi connectivity index (χ0v) is 19.4. The van der Waals surface area contributed by atoms with Crippen molar-refractivity contribution < 1.29 is 9.90 Å². The number of amides is 1. The molecule has 1 aromatic carbocycles. The van der Waals surface area contributed by atoms with Crippen LogP contribution in [0.5, 0.6) is 0 Å². The summed E-state index contributed by atoms with van der Waals surface area (Å²) in [7, 11) is 0. The SMILES string of the molecule is CCC(CC)n1c(Cc2cccs2)nc2cc(C(=O)N[C@H](CO)C(C)(C)C)ccc21. The molecule has 0 bridgehead atoms. The third kappa shape index (κ3) is 4.76. The van der Waals surface area contributed by atoms with E-state index in [1.165, 1.54) is 4.88 Å². The maximum atomic E-state index is 12.8. The number of imidazole rings is 1. The van der Waals surface area contributed by atoms with Crippen LogP contribution in [0.25, 0.3) is 11.0 Å². The summed E-state index contributed by atoms with van der Waals surface area (Å²) in [6, 6.07) is 10.0. The second-order valence-electron chi connectivity index (χ2n) is 8.90. The summed E-state index contributed by atoms with van der Waals surface area (Å²) in [5, 5.41) is 14.7. The highest BCUT2D eigenvalue weighted by Crippen LogP contribution is 2.28. The van der Waals surface area contributed by atoms with Gasteiger partial charge in [-0.15, -0.1) is 11.3 Å². The molecule has 0 fully saturated rings. The van der Waals surface area contributed by atoms with E-state index in [-0.39, 0.29) is 24.0 Å². The monoisotopic (exact) mass is 427 g/mol. The minimum Gasteiger partial charge on any atom is -0.394 e. The van der Waals surface area contributed by atoms with E-state index < -0.39 is 0 Å². The Morgan fingerprint density at radius 2 is 1.97 bits per heavy atom. The van der Waals surface area contributed by atoms with Crippen molar-refractivity contribution in [1.29, 1.82) is 0 Å². The Kier molecular flexibility index (Phi) is 6.98. The number of carbonyl (C=O) groups is 1. The summed E-state index contributed by atoms with van der Waals surface area (Å²) in [6.45, 7) is 10.3. The molecule has 162 valence electrons. The van der Waals surface area contributed by atoms with E-state index in [0.717, 1.165) is 36.1 Å². The molecule has 0 unspecified atom stereocenters. The highest BCUT2D eigenvalue weighted by atomic mass is 32.1. The van der Waals surface area contributed by atoms with E-state index in [1.807, 2.05) is 39.0 Å². The fourth-order valence-corrected chi connectivity index (χ4v) is 4.52. The molecule has 0 aliphatic carbocycles. The molecule has 0 spiro atoms. The minimum atomic E-state index is -0.308. The van der Waals surface area contributed by atoms with Gasteiger partial charge in [0.1, 0.15) is 5.82 Å². The molecule has 6 heteroatoms. The molecule has 0 saturated heterocycles. The van der Waals surface area contributed by atoms with Gasteiger partial charge < -0.3 is 15.0 Å². The van der Waals surface area contributed by atoms with Crippen molar-refractivity contribution in [2.75, 3.05) is 6.61 Å². The van der Waals surface area contributed by atoms with Crippen molar-refractivity contribution in [1.82, 2.24) is 14.9 Å². The van der Waals surface area contributed by atoms with Crippen LogP contribution in [0, 0.1) is 5.41 Å². The van der Waals surface area contributed by atoms with Crippen molar-refractivity contribution >= 4 is 28.3 Å². The number of rotatable bonds is 8. The zero-order valence-electron chi connectivity index (χ0n) is 18.6. The van der Waals surface area contributed by atoms with E-state index in [2.05, 4.69) is 41.2 Å². The first-order valence-corrected chi connectivity index (χ1v) is 11.6. The van der Waals surface area contributed by atoms with E-state index in [4.69, 9.17) is 4.98 Å². The lowest BCUT2D eigenvalue weighted by Gasteiger charge is -2.29. The van der Waals surface area contributed by atoms with Crippen LogP contribution in [0.4, 0.5) is 0 Å². The van der Waals surface area contributed by atoms with E-state index in [9.17, 15) is 9.90 Å². The molecule has 1 atom stereocenters. The van der Waals surface area contributed by atoms with Gasteiger partial charge in [0.05, 0.1) is 23.7 Å². The Balaban J connectivity index is 1.98. The molecular formula is C24H33N3O2S. The van der Waals surface area contributed by atoms with Crippen molar-refractivity contribution in [3.63, 3.8) is 0 Å². The molecule has 0 aliphatic heterocycles. The van der Waals surface area contributed by atoms with Crippen LogP contribution in [-0.4, -0.2) is 33.2 Å². The Morgan fingerprint density at radius 3 is 2.53 bits per heavy atom. The van der Waals surface area contributed by atoms with Gasteiger partial charge in [0, 0.05) is 22.9 Å². The van der Waals surface area contributed by atoms with Crippen LogP contribution in [0.3, 0.4) is 0 Å². The lowest BCUT2D eigenvalue weighted by atomic mass is 9.87. The molecule has 2 N–H and O–H groups in total. The maximum Gasteiger partial charge on any atom is 0.251 e. The van der Waals surface area contributed by atoms with E-state index in [1.54, 1.807) is 11.3 Å². The van der Waals surface area contributed by atoms with Crippen molar-refractivity contribution in [3.8, 4) is 0 Å². The number of nitrogens with zero attached hydrogens (tertiary/aromatic N) is 2. The number of carbonyl (C=O) groups excluding carboxylic acids is 1. The summed E-state index contributed by atoms with van der Waals surface area (Å²) in [5.74, 6) is 0.865. The van der Waals surface area contributed by atoms with Crippen molar-refractivity contribution in [2.24, 2.45) is 5.41 Å². The molecule has 0 radical (unpaired) electrons. The van der Waals surface area contributed by atoms with Crippen LogP contribution in [-0.2, 0) is 6.42 Å². The fourth-order valence-electron chi connectivity index (χ4n) is 3.82. The van der Waals surface area contributed by atoms with Gasteiger partial charge in [-0.25, -0.2) is 4.98 Å². The molecule has 0 saturated carbocycles. The molecule has 1 amide bonds. The van der Waals surface area contributed by atoms with Gasteiger partial charge in [0.2, 0.25) is 0 Å². The summed E-state index contributed by atoms with van der Waals surface area (Å²) in [5.41, 5.74) is 2.26. The number of fused-ring (bicyclic) bond motifs is 1. The Labute approximate surface area is 183 Å². The summed E-state index contributed by atoms with van der Waals surface area (Å²) in [4.78, 5) is 19.1. The van der Waals surface area contributed by atoms with Gasteiger partial charge in [-0.2, -0.15) is 0 Å². The number of benzene rings is 1. The average molecular weight is 428 g/mol. The van der Waals surface area contributed by atoms with Gasteiger partial charge in [-0.3, -0.25) is 4.79 Å². The first-order valence-electron chi connectivity index (χ1n) is 10.7. The molecule has 3 rings (SSSR count). The normalized spacial score (nSPS) is 13.2. The standard InChI is InChI=1S/C24H33N3O2S/c1-6-17(7-2)27-20-11-10-16(23(29)26-21(15-28)24(3,4)5)13-19(20)25-22(27)14-18-9-8-12-30-18/h8-13,17,21,28H,6-7,14-15H2,1-5H3,(H,26,29)/t21-/m1/s1. The average Bonchev–Trinajstić information content (AvgIpc) is 3.34. The number of hydrogen-bond acceptors (Lipinski definition) is 4. The molecule has 2 aromatic heterocycles. The first-order chi connectivity index (χ1) is 14.3. The summed E-state index contributed by atoms with van der Waals surface area (Å²) >= 11 is 1.74. The molecular weight excluding hydrogens is 394 g/mol. The second kappa shape index (κ2) is 9.31. The number of nitrogens with one attached hydrogen (secondary N) is 1. The summed E-state index contributed by atoms with van der Waals surface area (Å²) in [6.07, 6.45) is 2.86. The molecule has 5 nitrogen and oxygen atoms in total. The van der Waals surface area contributed by atoms with Gasteiger partial charge >= 0.3 is 0 Å². The van der Waals surface area contributed by atoms with Gasteiger partial charge in [0.15, 0.2) is 0 Å². The lowest BCUT2D eigenvalue weighted by molar-refractivity contribution is 0.0848. The van der Waals surface area contributed by atoms with Gasteiger partial charge in [-0.1, -0.05) is 40.7 Å². The van der Waals surface area contributed by atoms with Crippen LogP contribution in [0.2, 0.25) is 0 Å². The molecule has 30 heavy (non-hydrogen) atoms. The maximum absolute atomic E-state index is 12.8. The minimum absolute atomic E-state index is 0.0915. The zero-order chi connectivity index (χ0) is 21.9. The lowest BCUT2D eigenvalue weighted by Crippen LogP contribution is -2.46. The largest absolute Gasteiger partial charge is 0.394 e. The number of aliphatic hydroxyl groups is 1. The number of aromatic nitrogens is 2. The Hall–Kier alpha value is -2.18. The van der Waals surface area contributed by atoms with Crippen LogP contribution in [0.15, 0.2) is 35.7 Å². The van der Waals surface area contributed by atoms with Crippen LogP contribution in [0.1, 0.15) is 74.6 Å². The third-order valence-electron chi connectivity index (χ3n) is 5.78. The molecule has 3 aromatic rings.